The second-order valence-electron chi connectivity index (χ2n) is 3.28. The van der Waals surface area contributed by atoms with E-state index < -0.39 is 0 Å². The predicted molar refractivity (Wildman–Crippen MR) is 50.8 cm³/mol. The molecule has 1 unspecified atom stereocenters. The quantitative estimate of drug-likeness (QED) is 0.513. The van der Waals surface area contributed by atoms with Gasteiger partial charge in [0.2, 0.25) is 0 Å². The van der Waals surface area contributed by atoms with E-state index in [1.165, 1.54) is 5.57 Å². The molecule has 0 saturated heterocycles. The molecule has 0 aromatic carbocycles. The molecule has 2 heteroatoms. The van der Waals surface area contributed by atoms with Crippen LogP contribution in [0.4, 0.5) is 0 Å². The van der Waals surface area contributed by atoms with Gasteiger partial charge in [-0.25, -0.2) is 0 Å². The first kappa shape index (κ1) is 12.4. The van der Waals surface area contributed by atoms with E-state index in [9.17, 15) is 4.79 Å². The Kier molecular flexibility index (Phi) is 5.68. The van der Waals surface area contributed by atoms with Gasteiger partial charge in [0.05, 0.1) is 5.92 Å². The zero-order chi connectivity index (χ0) is 8.97. The molecule has 0 saturated carbocycles. The predicted octanol–water partition coefficient (Wildman–Crippen LogP) is 2.51. The van der Waals surface area contributed by atoms with Gasteiger partial charge in [-0.1, -0.05) is 44.2 Å². The van der Waals surface area contributed by atoms with Crippen LogP contribution in [0.25, 0.3) is 0 Å². The van der Waals surface area contributed by atoms with Gasteiger partial charge in [0.15, 0.2) is 0 Å². The summed E-state index contributed by atoms with van der Waals surface area (Å²) in [5.41, 5.74) is 1.27. The van der Waals surface area contributed by atoms with Crippen LogP contribution in [0.5, 0.6) is 0 Å². The zero-order valence-electron chi connectivity index (χ0n) is 7.91. The van der Waals surface area contributed by atoms with Crippen LogP contribution in [0, 0.1) is 11.8 Å². The first-order chi connectivity index (χ1) is 5.74. The van der Waals surface area contributed by atoms with Crippen molar-refractivity contribution in [1.82, 2.24) is 0 Å². The van der Waals surface area contributed by atoms with Gasteiger partial charge in [-0.2, -0.15) is 0 Å². The number of carbonyl (C=O) groups excluding carboxylic acids is 1. The monoisotopic (exact) mass is 217 g/mol. The van der Waals surface area contributed by atoms with Crippen molar-refractivity contribution >= 4 is 6.29 Å². The Morgan fingerprint density at radius 2 is 2.08 bits per heavy atom. The molecule has 0 amide bonds. The van der Waals surface area contributed by atoms with Crippen molar-refractivity contribution in [2.75, 3.05) is 0 Å². The van der Waals surface area contributed by atoms with E-state index >= 15 is 0 Å². The van der Waals surface area contributed by atoms with Crippen molar-refractivity contribution in [2.24, 2.45) is 11.8 Å². The van der Waals surface area contributed by atoms with Crippen LogP contribution >= 0.6 is 0 Å². The smallest absolute Gasteiger partial charge is 0.130 e. The summed E-state index contributed by atoms with van der Waals surface area (Å²) in [6.07, 6.45) is 10.8. The van der Waals surface area contributed by atoms with Crippen LogP contribution in [0.15, 0.2) is 36.0 Å². The molecule has 1 aliphatic carbocycles. The molecular weight excluding hydrogens is 203 g/mol. The maximum Gasteiger partial charge on any atom is 0.130 e. The molecule has 0 aromatic heterocycles. The van der Waals surface area contributed by atoms with Gasteiger partial charge in [0, 0.05) is 17.1 Å². The fourth-order valence-electron chi connectivity index (χ4n) is 1.11. The first-order valence-electron chi connectivity index (χ1n) is 4.26. The van der Waals surface area contributed by atoms with E-state index in [2.05, 4.69) is 19.9 Å². The molecule has 0 heterocycles. The molecule has 13 heavy (non-hydrogen) atoms. The summed E-state index contributed by atoms with van der Waals surface area (Å²) in [4.78, 5) is 10.5. The van der Waals surface area contributed by atoms with E-state index in [4.69, 9.17) is 0 Å². The normalized spacial score (nSPS) is 20.5. The Morgan fingerprint density at radius 3 is 2.62 bits per heavy atom. The van der Waals surface area contributed by atoms with Gasteiger partial charge in [0.25, 0.3) is 0 Å². The van der Waals surface area contributed by atoms with Crippen LogP contribution in [-0.4, -0.2) is 6.29 Å². The van der Waals surface area contributed by atoms with E-state index in [1.54, 1.807) is 0 Å². The third-order valence-corrected chi connectivity index (χ3v) is 1.96. The fraction of sp³-hybridized carbons (Fsp3) is 0.364. The third kappa shape index (κ3) is 3.75. The molecule has 0 aliphatic heterocycles. The van der Waals surface area contributed by atoms with Crippen LogP contribution in [0.1, 0.15) is 13.8 Å². The van der Waals surface area contributed by atoms with Gasteiger partial charge in [-0.15, -0.1) is 0 Å². The van der Waals surface area contributed by atoms with E-state index in [0.29, 0.717) is 5.92 Å². The van der Waals surface area contributed by atoms with Gasteiger partial charge < -0.3 is 4.79 Å². The Labute approximate surface area is 90.1 Å². The minimum atomic E-state index is -0.0440. The molecule has 1 aliphatic rings. The SMILES string of the molecule is CC(C)C1=CC=CC(C=O)C=C1.[Mn]. The second kappa shape index (κ2) is 5.95. The molecule has 1 nitrogen and oxygen atoms in total. The average Bonchev–Trinajstić information content (AvgIpc) is 2.28. The molecule has 1 radical (unpaired) electrons. The van der Waals surface area contributed by atoms with Crippen LogP contribution in [-0.2, 0) is 21.9 Å². The molecule has 1 rings (SSSR count). The summed E-state index contributed by atoms with van der Waals surface area (Å²) >= 11 is 0. The molecule has 1 atom stereocenters. The number of hydrogen-bond acceptors (Lipinski definition) is 1. The standard InChI is InChI=1S/C11H14O.Mn/c1-9(2)11-5-3-4-10(8-12)6-7-11;/h3-10H,1-2H3;. The third-order valence-electron chi connectivity index (χ3n) is 1.96. The van der Waals surface area contributed by atoms with Crippen molar-refractivity contribution in [2.45, 2.75) is 13.8 Å². The molecular formula is C11H14MnO. The van der Waals surface area contributed by atoms with Crippen molar-refractivity contribution < 1.29 is 21.9 Å². The largest absolute Gasteiger partial charge is 0.302 e. The van der Waals surface area contributed by atoms with Crippen LogP contribution in [0.3, 0.4) is 0 Å². The first-order valence-corrected chi connectivity index (χ1v) is 4.26. The summed E-state index contributed by atoms with van der Waals surface area (Å²) < 4.78 is 0. The molecule has 71 valence electrons. The van der Waals surface area contributed by atoms with Crippen molar-refractivity contribution in [3.8, 4) is 0 Å². The Hall–Kier alpha value is -0.591. The zero-order valence-corrected chi connectivity index (χ0v) is 9.09. The number of allylic oxidation sites excluding steroid dienone is 6. The maximum absolute atomic E-state index is 10.5. The van der Waals surface area contributed by atoms with E-state index in [1.807, 2.05) is 24.3 Å². The Bertz CT molecular complexity index is 249. The number of aldehydes is 1. The summed E-state index contributed by atoms with van der Waals surface area (Å²) in [5, 5.41) is 0. The van der Waals surface area contributed by atoms with E-state index in [0.717, 1.165) is 6.29 Å². The van der Waals surface area contributed by atoms with Gasteiger partial charge in [-0.05, 0) is 11.5 Å². The van der Waals surface area contributed by atoms with Gasteiger partial charge in [0.1, 0.15) is 6.29 Å². The summed E-state index contributed by atoms with van der Waals surface area (Å²) in [6, 6.07) is 0. The molecule has 0 fully saturated rings. The van der Waals surface area contributed by atoms with Gasteiger partial charge >= 0.3 is 0 Å². The maximum atomic E-state index is 10.5. The number of hydrogen-bond donors (Lipinski definition) is 0. The minimum Gasteiger partial charge on any atom is -0.302 e. The average molecular weight is 217 g/mol. The fourth-order valence-corrected chi connectivity index (χ4v) is 1.11. The van der Waals surface area contributed by atoms with Crippen LogP contribution < -0.4 is 0 Å². The molecule has 0 bridgehead atoms. The molecule has 0 aromatic rings. The summed E-state index contributed by atoms with van der Waals surface area (Å²) in [5.74, 6) is 0.480. The number of carbonyl (C=O) groups is 1. The molecule has 0 N–H and O–H groups in total. The Balaban J connectivity index is 0.00000144. The van der Waals surface area contributed by atoms with Crippen LogP contribution in [0.2, 0.25) is 0 Å². The van der Waals surface area contributed by atoms with Crippen molar-refractivity contribution in [3.63, 3.8) is 0 Å². The summed E-state index contributed by atoms with van der Waals surface area (Å²) in [6.45, 7) is 4.29. The minimum absolute atomic E-state index is 0. The van der Waals surface area contributed by atoms with Crippen molar-refractivity contribution in [1.29, 1.82) is 0 Å². The van der Waals surface area contributed by atoms with Gasteiger partial charge in [-0.3, -0.25) is 0 Å². The second-order valence-corrected chi connectivity index (χ2v) is 3.28. The molecule has 0 spiro atoms. The summed E-state index contributed by atoms with van der Waals surface area (Å²) in [7, 11) is 0. The number of rotatable bonds is 2. The Morgan fingerprint density at radius 1 is 1.38 bits per heavy atom. The topological polar surface area (TPSA) is 17.1 Å². The van der Waals surface area contributed by atoms with Crippen molar-refractivity contribution in [3.05, 3.63) is 36.0 Å². The van der Waals surface area contributed by atoms with E-state index in [-0.39, 0.29) is 23.0 Å².